The van der Waals surface area contributed by atoms with E-state index in [1.165, 1.54) is 6.21 Å². The van der Waals surface area contributed by atoms with E-state index in [2.05, 4.69) is 10.2 Å². The zero-order chi connectivity index (χ0) is 7.40. The Balaban J connectivity index is 3.00. The van der Waals surface area contributed by atoms with Crippen LogP contribution in [-0.2, 0) is 0 Å². The minimum absolute atomic E-state index is 0.748. The highest BCUT2D eigenvalue weighted by Gasteiger charge is 1.94. The molecular formula is C7H9N3. The first-order valence-corrected chi connectivity index (χ1v) is 3.05. The van der Waals surface area contributed by atoms with Crippen molar-refractivity contribution in [3.05, 3.63) is 23.5 Å². The molecule has 0 spiro atoms. The van der Waals surface area contributed by atoms with Crippen LogP contribution < -0.4 is 0 Å². The molecule has 1 heterocycles. The minimum atomic E-state index is 0.748. The first-order valence-electron chi connectivity index (χ1n) is 3.05. The van der Waals surface area contributed by atoms with Crippen molar-refractivity contribution in [3.63, 3.8) is 0 Å². The molecule has 1 rings (SSSR count). The second-order valence-electron chi connectivity index (χ2n) is 1.88. The Morgan fingerprint density at radius 2 is 2.50 bits per heavy atom. The van der Waals surface area contributed by atoms with Crippen molar-refractivity contribution >= 4 is 12.3 Å². The average molecular weight is 135 g/mol. The maximum Gasteiger partial charge on any atom is 0.0825 e. The summed E-state index contributed by atoms with van der Waals surface area (Å²) in [6, 6.07) is 0. The van der Waals surface area contributed by atoms with E-state index >= 15 is 0 Å². The van der Waals surface area contributed by atoms with Crippen LogP contribution in [0.5, 0.6) is 0 Å². The summed E-state index contributed by atoms with van der Waals surface area (Å²) in [5, 5.41) is 13.4. The lowest BCUT2D eigenvalue weighted by atomic mass is 10.2. The Bertz CT molecular complexity index is 247. The van der Waals surface area contributed by atoms with Gasteiger partial charge in [0.2, 0.25) is 0 Å². The van der Waals surface area contributed by atoms with Gasteiger partial charge in [0.25, 0.3) is 0 Å². The van der Waals surface area contributed by atoms with Gasteiger partial charge >= 0.3 is 0 Å². The van der Waals surface area contributed by atoms with Crippen LogP contribution in [0.25, 0.3) is 6.08 Å². The third-order valence-corrected chi connectivity index (χ3v) is 1.19. The molecule has 0 amide bonds. The standard InChI is InChI=1S/C7H9N3/c1-2-3-6-5-9-10-7(6)4-8/h2-5,8H,1H3,(H,9,10)/b3-2-,8-4?. The van der Waals surface area contributed by atoms with Crippen LogP contribution in [0.4, 0.5) is 0 Å². The number of hydrogen-bond donors (Lipinski definition) is 2. The molecule has 3 nitrogen and oxygen atoms in total. The summed E-state index contributed by atoms with van der Waals surface area (Å²) in [6.45, 7) is 1.93. The van der Waals surface area contributed by atoms with Crippen LogP contribution >= 0.6 is 0 Å². The fourth-order valence-corrected chi connectivity index (χ4v) is 0.733. The Morgan fingerprint density at radius 1 is 1.70 bits per heavy atom. The molecule has 0 atom stereocenters. The lowest BCUT2D eigenvalue weighted by Gasteiger charge is -1.84. The molecular weight excluding hydrogens is 126 g/mol. The molecule has 3 heteroatoms. The Morgan fingerprint density at radius 3 is 3.10 bits per heavy atom. The number of nitrogens with zero attached hydrogens (tertiary/aromatic N) is 1. The summed E-state index contributed by atoms with van der Waals surface area (Å²) >= 11 is 0. The second kappa shape index (κ2) is 2.96. The van der Waals surface area contributed by atoms with Crippen LogP contribution in [0, 0.1) is 5.41 Å². The maximum absolute atomic E-state index is 6.95. The Kier molecular flexibility index (Phi) is 1.99. The number of H-pyrrole nitrogens is 1. The average Bonchev–Trinajstić information content (AvgIpc) is 2.36. The van der Waals surface area contributed by atoms with Gasteiger partial charge in [-0.25, -0.2) is 0 Å². The van der Waals surface area contributed by atoms with Gasteiger partial charge in [-0.3, -0.25) is 5.10 Å². The van der Waals surface area contributed by atoms with E-state index in [4.69, 9.17) is 5.41 Å². The summed E-state index contributed by atoms with van der Waals surface area (Å²) in [4.78, 5) is 0. The van der Waals surface area contributed by atoms with Crippen molar-refractivity contribution in [2.24, 2.45) is 0 Å². The lowest BCUT2D eigenvalue weighted by Crippen LogP contribution is -1.81. The molecule has 0 radical (unpaired) electrons. The van der Waals surface area contributed by atoms with E-state index in [1.54, 1.807) is 6.20 Å². The Labute approximate surface area is 59.3 Å². The predicted octanol–water partition coefficient (Wildman–Crippen LogP) is 1.44. The van der Waals surface area contributed by atoms with Crippen molar-refractivity contribution in [2.45, 2.75) is 6.92 Å². The summed E-state index contributed by atoms with van der Waals surface area (Å²) in [6.07, 6.45) is 6.77. The van der Waals surface area contributed by atoms with Crippen LogP contribution in [0.1, 0.15) is 18.2 Å². The number of hydrogen-bond acceptors (Lipinski definition) is 2. The summed E-state index contributed by atoms with van der Waals surface area (Å²) in [5.41, 5.74) is 1.70. The lowest BCUT2D eigenvalue weighted by molar-refractivity contribution is 1.08. The normalized spacial score (nSPS) is 10.5. The highest BCUT2D eigenvalue weighted by atomic mass is 15.1. The van der Waals surface area contributed by atoms with E-state index in [9.17, 15) is 0 Å². The highest BCUT2D eigenvalue weighted by molar-refractivity contribution is 5.80. The molecule has 0 aliphatic rings. The molecule has 0 saturated heterocycles. The molecule has 0 fully saturated rings. The third kappa shape index (κ3) is 1.13. The van der Waals surface area contributed by atoms with Gasteiger partial charge in [-0.1, -0.05) is 12.2 Å². The van der Waals surface area contributed by atoms with Gasteiger partial charge in [0.05, 0.1) is 11.9 Å². The number of aromatic amines is 1. The summed E-state index contributed by atoms with van der Waals surface area (Å²) in [7, 11) is 0. The zero-order valence-corrected chi connectivity index (χ0v) is 5.76. The smallest absolute Gasteiger partial charge is 0.0825 e. The number of rotatable bonds is 2. The fraction of sp³-hybridized carbons (Fsp3) is 0.143. The Hall–Kier alpha value is -1.38. The number of allylic oxidation sites excluding steroid dienone is 1. The van der Waals surface area contributed by atoms with Crippen molar-refractivity contribution < 1.29 is 0 Å². The van der Waals surface area contributed by atoms with Gasteiger partial charge in [0.15, 0.2) is 0 Å². The van der Waals surface area contributed by atoms with Gasteiger partial charge in [0, 0.05) is 11.8 Å². The van der Waals surface area contributed by atoms with Crippen LogP contribution in [-0.4, -0.2) is 16.4 Å². The van der Waals surface area contributed by atoms with Gasteiger partial charge in [-0.05, 0) is 6.92 Å². The van der Waals surface area contributed by atoms with Crippen LogP contribution in [0.3, 0.4) is 0 Å². The predicted molar refractivity (Wildman–Crippen MR) is 41.2 cm³/mol. The number of nitrogens with one attached hydrogen (secondary N) is 2. The second-order valence-corrected chi connectivity index (χ2v) is 1.88. The molecule has 10 heavy (non-hydrogen) atoms. The van der Waals surface area contributed by atoms with Crippen LogP contribution in [0.15, 0.2) is 12.3 Å². The highest BCUT2D eigenvalue weighted by Crippen LogP contribution is 2.02. The van der Waals surface area contributed by atoms with Gasteiger partial charge in [0.1, 0.15) is 0 Å². The summed E-state index contributed by atoms with van der Waals surface area (Å²) in [5.74, 6) is 0. The van der Waals surface area contributed by atoms with Crippen molar-refractivity contribution in [2.75, 3.05) is 0 Å². The first-order chi connectivity index (χ1) is 4.88. The van der Waals surface area contributed by atoms with E-state index in [0.29, 0.717) is 0 Å². The van der Waals surface area contributed by atoms with E-state index in [0.717, 1.165) is 11.3 Å². The molecule has 0 aliphatic carbocycles. The topological polar surface area (TPSA) is 52.5 Å². The zero-order valence-electron chi connectivity index (χ0n) is 5.76. The van der Waals surface area contributed by atoms with Gasteiger partial charge in [-0.2, -0.15) is 5.10 Å². The SMILES string of the molecule is C/C=C\c1cn[nH]c1C=N. The molecule has 0 aliphatic heterocycles. The quantitative estimate of drug-likeness (QED) is 0.592. The largest absolute Gasteiger partial charge is 0.307 e. The maximum atomic E-state index is 6.95. The molecule has 0 bridgehead atoms. The van der Waals surface area contributed by atoms with E-state index < -0.39 is 0 Å². The van der Waals surface area contributed by atoms with Crippen molar-refractivity contribution in [1.29, 1.82) is 5.41 Å². The van der Waals surface area contributed by atoms with Crippen LogP contribution in [0.2, 0.25) is 0 Å². The van der Waals surface area contributed by atoms with E-state index in [-0.39, 0.29) is 0 Å². The fourth-order valence-electron chi connectivity index (χ4n) is 0.733. The summed E-state index contributed by atoms with van der Waals surface area (Å²) < 4.78 is 0. The molecule has 1 aromatic heterocycles. The van der Waals surface area contributed by atoms with E-state index in [1.807, 2.05) is 19.1 Å². The number of aromatic nitrogens is 2. The monoisotopic (exact) mass is 135 g/mol. The minimum Gasteiger partial charge on any atom is -0.307 e. The molecule has 1 aromatic rings. The molecule has 0 aromatic carbocycles. The molecule has 0 unspecified atom stereocenters. The van der Waals surface area contributed by atoms with Crippen molar-refractivity contribution in [3.8, 4) is 0 Å². The van der Waals surface area contributed by atoms with Crippen molar-refractivity contribution in [1.82, 2.24) is 10.2 Å². The first kappa shape index (κ1) is 6.74. The molecule has 52 valence electrons. The van der Waals surface area contributed by atoms with Gasteiger partial charge < -0.3 is 5.41 Å². The molecule has 0 saturated carbocycles. The third-order valence-electron chi connectivity index (χ3n) is 1.19. The molecule has 2 N–H and O–H groups in total. The van der Waals surface area contributed by atoms with Gasteiger partial charge in [-0.15, -0.1) is 0 Å².